The number of benzene rings is 1. The Bertz CT molecular complexity index is 460. The average Bonchev–Trinajstić information content (AvgIpc) is 2.47. The second kappa shape index (κ2) is 8.90. The van der Waals surface area contributed by atoms with Crippen LogP contribution in [0.5, 0.6) is 5.75 Å². The molecule has 0 spiro atoms. The molecule has 4 nitrogen and oxygen atoms in total. The SMILES string of the molecule is Cc1ccc(OCC(=O)NCC2CCCNC2)cc1C.Cl. The van der Waals surface area contributed by atoms with Gasteiger partial charge >= 0.3 is 0 Å². The van der Waals surface area contributed by atoms with Crippen LogP contribution in [0.2, 0.25) is 0 Å². The van der Waals surface area contributed by atoms with E-state index in [2.05, 4.69) is 17.6 Å². The molecule has 1 heterocycles. The van der Waals surface area contributed by atoms with Crippen molar-refractivity contribution in [2.24, 2.45) is 5.92 Å². The number of carbonyl (C=O) groups is 1. The predicted molar refractivity (Wildman–Crippen MR) is 87.3 cm³/mol. The van der Waals surface area contributed by atoms with E-state index in [1.807, 2.05) is 25.1 Å². The van der Waals surface area contributed by atoms with E-state index in [4.69, 9.17) is 4.74 Å². The van der Waals surface area contributed by atoms with Gasteiger partial charge in [0.05, 0.1) is 0 Å². The number of amides is 1. The lowest BCUT2D eigenvalue weighted by Gasteiger charge is -2.22. The van der Waals surface area contributed by atoms with E-state index in [9.17, 15) is 4.79 Å². The van der Waals surface area contributed by atoms with E-state index in [0.717, 1.165) is 25.4 Å². The molecular weight excluding hydrogens is 288 g/mol. The highest BCUT2D eigenvalue weighted by Gasteiger charge is 2.13. The van der Waals surface area contributed by atoms with Gasteiger partial charge in [-0.05, 0) is 69.0 Å². The molecule has 1 atom stereocenters. The fraction of sp³-hybridized carbons (Fsp3) is 0.562. The lowest BCUT2D eigenvalue weighted by Crippen LogP contribution is -2.39. The first kappa shape index (κ1) is 17.8. The first-order valence-electron chi connectivity index (χ1n) is 7.32. The molecule has 1 aliphatic heterocycles. The Labute approximate surface area is 133 Å². The van der Waals surface area contributed by atoms with Gasteiger partial charge < -0.3 is 15.4 Å². The minimum Gasteiger partial charge on any atom is -0.484 e. The van der Waals surface area contributed by atoms with E-state index < -0.39 is 0 Å². The van der Waals surface area contributed by atoms with Crippen molar-refractivity contribution in [2.75, 3.05) is 26.2 Å². The van der Waals surface area contributed by atoms with E-state index in [0.29, 0.717) is 5.92 Å². The summed E-state index contributed by atoms with van der Waals surface area (Å²) in [6.07, 6.45) is 2.38. The highest BCUT2D eigenvalue weighted by atomic mass is 35.5. The van der Waals surface area contributed by atoms with Crippen molar-refractivity contribution in [1.82, 2.24) is 10.6 Å². The number of aryl methyl sites for hydroxylation is 2. The molecule has 2 N–H and O–H groups in total. The fourth-order valence-corrected chi connectivity index (χ4v) is 2.36. The van der Waals surface area contributed by atoms with Crippen molar-refractivity contribution in [1.29, 1.82) is 0 Å². The van der Waals surface area contributed by atoms with Crippen molar-refractivity contribution >= 4 is 18.3 Å². The standard InChI is InChI=1S/C16H24N2O2.ClH/c1-12-5-6-15(8-13(12)2)20-11-16(19)18-10-14-4-3-7-17-9-14;/h5-6,8,14,17H,3-4,7,9-11H2,1-2H3,(H,18,19);1H. The summed E-state index contributed by atoms with van der Waals surface area (Å²) in [6.45, 7) is 7.02. The van der Waals surface area contributed by atoms with E-state index in [-0.39, 0.29) is 24.9 Å². The maximum absolute atomic E-state index is 11.8. The summed E-state index contributed by atoms with van der Waals surface area (Å²) < 4.78 is 5.52. The molecule has 0 aliphatic carbocycles. The topological polar surface area (TPSA) is 50.4 Å². The Morgan fingerprint density at radius 1 is 1.38 bits per heavy atom. The summed E-state index contributed by atoms with van der Waals surface area (Å²) in [7, 11) is 0. The van der Waals surface area contributed by atoms with E-state index in [1.54, 1.807) is 0 Å². The van der Waals surface area contributed by atoms with Gasteiger partial charge in [0.25, 0.3) is 5.91 Å². The summed E-state index contributed by atoms with van der Waals surface area (Å²) >= 11 is 0. The molecule has 1 saturated heterocycles. The maximum Gasteiger partial charge on any atom is 0.257 e. The monoisotopic (exact) mass is 312 g/mol. The minimum atomic E-state index is -0.0474. The van der Waals surface area contributed by atoms with Crippen LogP contribution in [0.3, 0.4) is 0 Å². The lowest BCUT2D eigenvalue weighted by atomic mass is 10.00. The fourth-order valence-electron chi connectivity index (χ4n) is 2.36. The van der Waals surface area contributed by atoms with Crippen molar-refractivity contribution in [2.45, 2.75) is 26.7 Å². The molecule has 118 valence electrons. The molecule has 1 fully saturated rings. The minimum absolute atomic E-state index is 0. The van der Waals surface area contributed by atoms with Gasteiger partial charge in [0.15, 0.2) is 6.61 Å². The molecule has 0 aromatic heterocycles. The maximum atomic E-state index is 11.8. The van der Waals surface area contributed by atoms with Crippen LogP contribution in [0, 0.1) is 19.8 Å². The largest absolute Gasteiger partial charge is 0.484 e. The van der Waals surface area contributed by atoms with Crippen LogP contribution in [0.15, 0.2) is 18.2 Å². The number of piperidine rings is 1. The smallest absolute Gasteiger partial charge is 0.257 e. The van der Waals surface area contributed by atoms with Gasteiger partial charge in [-0.15, -0.1) is 12.4 Å². The highest BCUT2D eigenvalue weighted by Crippen LogP contribution is 2.16. The molecule has 5 heteroatoms. The van der Waals surface area contributed by atoms with Gasteiger partial charge in [-0.2, -0.15) is 0 Å². The van der Waals surface area contributed by atoms with Crippen LogP contribution in [0.25, 0.3) is 0 Å². The quantitative estimate of drug-likeness (QED) is 0.876. The zero-order valence-electron chi connectivity index (χ0n) is 12.8. The Morgan fingerprint density at radius 3 is 2.86 bits per heavy atom. The van der Waals surface area contributed by atoms with E-state index >= 15 is 0 Å². The van der Waals surface area contributed by atoms with Gasteiger partial charge in [-0.3, -0.25) is 4.79 Å². The molecule has 21 heavy (non-hydrogen) atoms. The Kier molecular flexibility index (Phi) is 7.54. The van der Waals surface area contributed by atoms with Crippen molar-refractivity contribution < 1.29 is 9.53 Å². The van der Waals surface area contributed by atoms with Gasteiger partial charge in [-0.1, -0.05) is 6.07 Å². The molecule has 1 aliphatic rings. The second-order valence-electron chi connectivity index (χ2n) is 5.55. The molecule has 2 rings (SSSR count). The van der Waals surface area contributed by atoms with Crippen molar-refractivity contribution in [3.63, 3.8) is 0 Å². The molecule has 1 unspecified atom stereocenters. The van der Waals surface area contributed by atoms with Crippen LogP contribution >= 0.6 is 12.4 Å². The summed E-state index contributed by atoms with van der Waals surface area (Å²) in [5, 5.41) is 6.29. The lowest BCUT2D eigenvalue weighted by molar-refractivity contribution is -0.123. The third-order valence-electron chi connectivity index (χ3n) is 3.84. The predicted octanol–water partition coefficient (Wildman–Crippen LogP) is 2.22. The Balaban J connectivity index is 0.00000220. The molecule has 0 bridgehead atoms. The number of hydrogen-bond donors (Lipinski definition) is 2. The van der Waals surface area contributed by atoms with Gasteiger partial charge in [0, 0.05) is 6.54 Å². The van der Waals surface area contributed by atoms with Crippen LogP contribution in [0.4, 0.5) is 0 Å². The number of hydrogen-bond acceptors (Lipinski definition) is 3. The van der Waals surface area contributed by atoms with E-state index in [1.165, 1.54) is 24.0 Å². The zero-order valence-corrected chi connectivity index (χ0v) is 13.6. The molecule has 0 saturated carbocycles. The third-order valence-corrected chi connectivity index (χ3v) is 3.84. The summed E-state index contributed by atoms with van der Waals surface area (Å²) in [5.41, 5.74) is 2.41. The number of nitrogens with one attached hydrogen (secondary N) is 2. The first-order valence-corrected chi connectivity index (χ1v) is 7.32. The second-order valence-corrected chi connectivity index (χ2v) is 5.55. The third kappa shape index (κ3) is 5.94. The van der Waals surface area contributed by atoms with Crippen molar-refractivity contribution in [3.05, 3.63) is 29.3 Å². The molecule has 1 aromatic carbocycles. The number of carbonyl (C=O) groups excluding carboxylic acids is 1. The van der Waals surface area contributed by atoms with Crippen LogP contribution < -0.4 is 15.4 Å². The number of ether oxygens (including phenoxy) is 1. The molecular formula is C16H25ClN2O2. The average molecular weight is 313 g/mol. The summed E-state index contributed by atoms with van der Waals surface area (Å²) in [5.74, 6) is 1.26. The van der Waals surface area contributed by atoms with Crippen LogP contribution in [-0.4, -0.2) is 32.1 Å². The Morgan fingerprint density at radius 2 is 2.19 bits per heavy atom. The Hall–Kier alpha value is -1.26. The van der Waals surface area contributed by atoms with Gasteiger partial charge in [0.2, 0.25) is 0 Å². The number of halogens is 1. The molecule has 1 aromatic rings. The highest BCUT2D eigenvalue weighted by molar-refractivity contribution is 5.85. The summed E-state index contributed by atoms with van der Waals surface area (Å²) in [6, 6.07) is 5.88. The van der Waals surface area contributed by atoms with Gasteiger partial charge in [0.1, 0.15) is 5.75 Å². The normalized spacial score (nSPS) is 17.7. The summed E-state index contributed by atoms with van der Waals surface area (Å²) in [4.78, 5) is 11.8. The zero-order chi connectivity index (χ0) is 14.4. The number of rotatable bonds is 5. The molecule has 1 amide bonds. The first-order chi connectivity index (χ1) is 9.65. The van der Waals surface area contributed by atoms with Crippen molar-refractivity contribution in [3.8, 4) is 5.75 Å². The van der Waals surface area contributed by atoms with Crippen LogP contribution in [-0.2, 0) is 4.79 Å². The van der Waals surface area contributed by atoms with Gasteiger partial charge in [-0.25, -0.2) is 0 Å². The van der Waals surface area contributed by atoms with Crippen LogP contribution in [0.1, 0.15) is 24.0 Å². The molecule has 0 radical (unpaired) electrons.